The van der Waals surface area contributed by atoms with E-state index < -0.39 is 0 Å². The Kier molecular flexibility index (Phi) is 4.97. The summed E-state index contributed by atoms with van der Waals surface area (Å²) in [5.74, 6) is 1.14. The summed E-state index contributed by atoms with van der Waals surface area (Å²) in [6.07, 6.45) is 0. The quantitative estimate of drug-likeness (QED) is 0.748. The lowest BCUT2D eigenvalue weighted by Gasteiger charge is -2.15. The molecule has 0 saturated heterocycles. The van der Waals surface area contributed by atoms with E-state index in [9.17, 15) is 0 Å². The number of benzene rings is 1. The number of thiazole rings is 1. The molecule has 0 atom stereocenters. The molecule has 0 spiro atoms. The molecular formula is C18H23N5S. The van der Waals surface area contributed by atoms with Crippen molar-refractivity contribution in [2.45, 2.75) is 20.0 Å². The highest BCUT2D eigenvalue weighted by molar-refractivity contribution is 7.09. The molecule has 0 radical (unpaired) electrons. The van der Waals surface area contributed by atoms with Crippen LogP contribution >= 0.6 is 11.3 Å². The van der Waals surface area contributed by atoms with Crippen molar-refractivity contribution in [3.8, 4) is 11.3 Å². The summed E-state index contributed by atoms with van der Waals surface area (Å²) in [4.78, 5) is 6.83. The van der Waals surface area contributed by atoms with Gasteiger partial charge in [0.25, 0.3) is 0 Å². The van der Waals surface area contributed by atoms with Crippen LogP contribution in [0.2, 0.25) is 0 Å². The van der Waals surface area contributed by atoms with Crippen LogP contribution in [0.3, 0.4) is 0 Å². The van der Waals surface area contributed by atoms with Crippen molar-refractivity contribution in [2.75, 3.05) is 19.0 Å². The van der Waals surface area contributed by atoms with Crippen LogP contribution in [0, 0.1) is 6.92 Å². The van der Waals surface area contributed by atoms with Crippen molar-refractivity contribution in [1.29, 1.82) is 0 Å². The molecular weight excluding hydrogens is 318 g/mol. The number of anilines is 1. The average Bonchev–Trinajstić information content (AvgIpc) is 3.13. The fourth-order valence-corrected chi connectivity index (χ4v) is 3.66. The third-order valence-electron chi connectivity index (χ3n) is 3.94. The van der Waals surface area contributed by atoms with E-state index in [1.54, 1.807) is 11.3 Å². The fourth-order valence-electron chi connectivity index (χ4n) is 2.88. The average molecular weight is 341 g/mol. The van der Waals surface area contributed by atoms with Crippen LogP contribution < -0.4 is 10.2 Å². The Bertz CT molecular complexity index is 804. The number of hydrogen-bond donors (Lipinski definition) is 1. The minimum Gasteiger partial charge on any atom is -0.363 e. The summed E-state index contributed by atoms with van der Waals surface area (Å²) >= 11 is 1.69. The number of aromatic nitrogens is 3. The van der Waals surface area contributed by atoms with E-state index in [1.165, 1.54) is 5.56 Å². The van der Waals surface area contributed by atoms with Crippen molar-refractivity contribution in [2.24, 2.45) is 7.05 Å². The van der Waals surface area contributed by atoms with Gasteiger partial charge in [-0.15, -0.1) is 11.3 Å². The molecule has 0 unspecified atom stereocenters. The van der Waals surface area contributed by atoms with Gasteiger partial charge in [0.2, 0.25) is 0 Å². The summed E-state index contributed by atoms with van der Waals surface area (Å²) < 4.78 is 1.93. The molecule has 126 valence electrons. The normalized spacial score (nSPS) is 11.0. The maximum absolute atomic E-state index is 4.72. The predicted octanol–water partition coefficient (Wildman–Crippen LogP) is 3.21. The van der Waals surface area contributed by atoms with E-state index in [4.69, 9.17) is 4.98 Å². The molecule has 0 aliphatic rings. The zero-order valence-corrected chi connectivity index (χ0v) is 15.4. The van der Waals surface area contributed by atoms with E-state index in [-0.39, 0.29) is 0 Å². The zero-order chi connectivity index (χ0) is 17.1. The van der Waals surface area contributed by atoms with Gasteiger partial charge in [-0.05, 0) is 6.92 Å². The number of nitrogens with one attached hydrogen (secondary N) is 1. The molecule has 2 heterocycles. The Morgan fingerprint density at radius 2 is 1.92 bits per heavy atom. The minimum absolute atomic E-state index is 0.763. The van der Waals surface area contributed by atoms with Gasteiger partial charge in [0.15, 0.2) is 0 Å². The third kappa shape index (κ3) is 3.49. The van der Waals surface area contributed by atoms with Gasteiger partial charge in [-0.3, -0.25) is 4.68 Å². The molecule has 5 nitrogen and oxygen atoms in total. The van der Waals surface area contributed by atoms with Crippen LogP contribution in [-0.4, -0.2) is 28.9 Å². The molecule has 3 aromatic rings. The Hall–Kier alpha value is -2.18. The van der Waals surface area contributed by atoms with Crippen LogP contribution in [0.1, 0.15) is 16.3 Å². The first kappa shape index (κ1) is 16.7. The summed E-state index contributed by atoms with van der Waals surface area (Å²) in [6, 6.07) is 10.3. The van der Waals surface area contributed by atoms with Gasteiger partial charge in [-0.2, -0.15) is 5.10 Å². The van der Waals surface area contributed by atoms with Gasteiger partial charge < -0.3 is 10.2 Å². The van der Waals surface area contributed by atoms with Crippen LogP contribution in [0.4, 0.5) is 5.82 Å². The Morgan fingerprint density at radius 3 is 2.62 bits per heavy atom. The highest BCUT2D eigenvalue weighted by Gasteiger charge is 2.14. The van der Waals surface area contributed by atoms with Crippen LogP contribution in [-0.2, 0) is 20.1 Å². The highest BCUT2D eigenvalue weighted by Crippen LogP contribution is 2.23. The Morgan fingerprint density at radius 1 is 1.17 bits per heavy atom. The zero-order valence-electron chi connectivity index (χ0n) is 14.6. The van der Waals surface area contributed by atoms with Gasteiger partial charge >= 0.3 is 0 Å². The lowest BCUT2D eigenvalue weighted by molar-refractivity contribution is 0.686. The maximum atomic E-state index is 4.72. The fraction of sp³-hybridized carbons (Fsp3) is 0.333. The standard InChI is InChI=1S/C18H23N5S/c1-13-15(18(22(2)3)23(4)21-13)10-19-11-17-20-16(12-24-17)14-8-6-5-7-9-14/h5-9,12,19H,10-11H2,1-4H3. The third-order valence-corrected chi connectivity index (χ3v) is 4.78. The van der Waals surface area contributed by atoms with E-state index in [2.05, 4.69) is 39.8 Å². The van der Waals surface area contributed by atoms with Crippen LogP contribution in [0.25, 0.3) is 11.3 Å². The lowest BCUT2D eigenvalue weighted by atomic mass is 10.2. The largest absolute Gasteiger partial charge is 0.363 e. The van der Waals surface area contributed by atoms with E-state index in [0.717, 1.165) is 40.9 Å². The van der Waals surface area contributed by atoms with Gasteiger partial charge in [0.1, 0.15) is 10.8 Å². The minimum atomic E-state index is 0.763. The number of nitrogens with zero attached hydrogens (tertiary/aromatic N) is 4. The van der Waals surface area contributed by atoms with Crippen molar-refractivity contribution >= 4 is 17.2 Å². The monoisotopic (exact) mass is 341 g/mol. The molecule has 24 heavy (non-hydrogen) atoms. The molecule has 0 bridgehead atoms. The molecule has 1 aromatic carbocycles. The highest BCUT2D eigenvalue weighted by atomic mass is 32.1. The smallest absolute Gasteiger partial charge is 0.130 e. The van der Waals surface area contributed by atoms with Gasteiger partial charge in [-0.25, -0.2) is 4.98 Å². The van der Waals surface area contributed by atoms with Gasteiger partial charge in [-0.1, -0.05) is 30.3 Å². The second-order valence-electron chi connectivity index (χ2n) is 6.00. The second-order valence-corrected chi connectivity index (χ2v) is 6.94. The van der Waals surface area contributed by atoms with Gasteiger partial charge in [0, 0.05) is 50.7 Å². The maximum Gasteiger partial charge on any atom is 0.130 e. The van der Waals surface area contributed by atoms with E-state index in [0.29, 0.717) is 0 Å². The predicted molar refractivity (Wildman–Crippen MR) is 100 cm³/mol. The molecule has 0 fully saturated rings. The molecule has 0 amide bonds. The molecule has 1 N–H and O–H groups in total. The summed E-state index contributed by atoms with van der Waals surface area (Å²) in [5.41, 5.74) is 4.52. The first-order chi connectivity index (χ1) is 11.6. The molecule has 6 heteroatoms. The molecule has 0 aliphatic heterocycles. The van der Waals surface area contributed by atoms with Gasteiger partial charge in [0.05, 0.1) is 11.4 Å². The SMILES string of the molecule is Cc1nn(C)c(N(C)C)c1CNCc1nc(-c2ccccc2)cs1. The van der Waals surface area contributed by atoms with Crippen molar-refractivity contribution in [3.63, 3.8) is 0 Å². The summed E-state index contributed by atoms with van der Waals surface area (Å²) in [7, 11) is 6.08. The molecule has 0 aliphatic carbocycles. The number of aryl methyl sites for hydroxylation is 2. The van der Waals surface area contributed by atoms with E-state index in [1.807, 2.05) is 44.0 Å². The number of hydrogen-bond acceptors (Lipinski definition) is 5. The molecule has 2 aromatic heterocycles. The van der Waals surface area contributed by atoms with Crippen molar-refractivity contribution < 1.29 is 0 Å². The Balaban J connectivity index is 1.65. The first-order valence-electron chi connectivity index (χ1n) is 7.96. The van der Waals surface area contributed by atoms with Crippen LogP contribution in [0.15, 0.2) is 35.7 Å². The molecule has 3 rings (SSSR count). The topological polar surface area (TPSA) is 46.0 Å². The first-order valence-corrected chi connectivity index (χ1v) is 8.84. The molecule has 0 saturated carbocycles. The lowest BCUT2D eigenvalue weighted by Crippen LogP contribution is -2.18. The van der Waals surface area contributed by atoms with Crippen molar-refractivity contribution in [3.05, 3.63) is 52.0 Å². The number of rotatable bonds is 6. The van der Waals surface area contributed by atoms with Crippen molar-refractivity contribution in [1.82, 2.24) is 20.1 Å². The Labute approximate surface area is 147 Å². The summed E-state index contributed by atoms with van der Waals surface area (Å²) in [5, 5.41) is 11.2. The van der Waals surface area contributed by atoms with E-state index >= 15 is 0 Å². The summed E-state index contributed by atoms with van der Waals surface area (Å²) in [6.45, 7) is 3.60. The van der Waals surface area contributed by atoms with Crippen LogP contribution in [0.5, 0.6) is 0 Å². The second kappa shape index (κ2) is 7.15.